The summed E-state index contributed by atoms with van der Waals surface area (Å²) in [6, 6.07) is 20.4. The van der Waals surface area contributed by atoms with Gasteiger partial charge >= 0.3 is 0 Å². The van der Waals surface area contributed by atoms with Crippen LogP contribution in [-0.2, 0) is 0 Å². The molecule has 0 N–H and O–H groups in total. The van der Waals surface area contributed by atoms with E-state index in [0.717, 1.165) is 12.3 Å². The molecule has 0 amide bonds. The Bertz CT molecular complexity index is 705. The van der Waals surface area contributed by atoms with Crippen LogP contribution in [0.25, 0.3) is 0 Å². The van der Waals surface area contributed by atoms with Gasteiger partial charge in [0, 0.05) is 12.5 Å². The molecule has 1 aliphatic heterocycles. The number of benzene rings is 2. The summed E-state index contributed by atoms with van der Waals surface area (Å²) in [5.41, 5.74) is 2.10. The highest BCUT2D eigenvalue weighted by atomic mass is 16.5. The third-order valence-electron chi connectivity index (χ3n) is 5.32. The molecular formula is C23H28N2O. The number of hydrogen-bond acceptors (Lipinski definition) is 3. The second-order valence-corrected chi connectivity index (χ2v) is 7.17. The Morgan fingerprint density at radius 3 is 2.58 bits per heavy atom. The quantitative estimate of drug-likeness (QED) is 0.718. The normalized spacial score (nSPS) is 20.5. The van der Waals surface area contributed by atoms with E-state index in [1.165, 1.54) is 37.9 Å². The number of piperidine rings is 1. The molecular weight excluding hydrogens is 320 g/mol. The molecule has 0 saturated carbocycles. The third kappa shape index (κ3) is 4.86. The lowest BCUT2D eigenvalue weighted by atomic mass is 9.81. The molecule has 2 atom stereocenters. The first-order chi connectivity index (χ1) is 12.8. The summed E-state index contributed by atoms with van der Waals surface area (Å²) in [4.78, 5) is 2.59. The Morgan fingerprint density at radius 1 is 1.12 bits per heavy atom. The molecule has 0 radical (unpaired) electrons. The number of rotatable bonds is 7. The molecule has 3 nitrogen and oxygen atoms in total. The largest absolute Gasteiger partial charge is 0.493 e. The van der Waals surface area contributed by atoms with Gasteiger partial charge in [-0.25, -0.2) is 0 Å². The van der Waals surface area contributed by atoms with Gasteiger partial charge in [-0.1, -0.05) is 43.7 Å². The van der Waals surface area contributed by atoms with Crippen LogP contribution in [0.3, 0.4) is 0 Å². The van der Waals surface area contributed by atoms with Crippen LogP contribution in [0.15, 0.2) is 54.6 Å². The van der Waals surface area contributed by atoms with E-state index in [0.29, 0.717) is 24.0 Å². The van der Waals surface area contributed by atoms with E-state index in [1.54, 1.807) is 0 Å². The zero-order valence-corrected chi connectivity index (χ0v) is 15.6. The maximum Gasteiger partial charge on any atom is 0.119 e. The highest BCUT2D eigenvalue weighted by Crippen LogP contribution is 2.33. The summed E-state index contributed by atoms with van der Waals surface area (Å²) in [7, 11) is 0. The van der Waals surface area contributed by atoms with Crippen molar-refractivity contribution in [3.63, 3.8) is 0 Å². The van der Waals surface area contributed by atoms with Crippen LogP contribution in [0.5, 0.6) is 5.75 Å². The maximum absolute atomic E-state index is 8.93. The Morgan fingerprint density at radius 2 is 1.88 bits per heavy atom. The highest BCUT2D eigenvalue weighted by Gasteiger charge is 2.30. The standard InChI is InChI=1S/C23H28N2O/c1-2-3-14-25-15-13-23(20-7-5-4-6-8-20)21(17-25)18-26-22-11-9-19(16-24)10-12-22/h4-12,21,23H,2-3,13-15,17-18H2,1H3/t21-,23+/m0/s1. The van der Waals surface area contributed by atoms with E-state index in [1.807, 2.05) is 24.3 Å². The van der Waals surface area contributed by atoms with Crippen LogP contribution in [-0.4, -0.2) is 31.1 Å². The number of nitriles is 1. The average Bonchev–Trinajstić information content (AvgIpc) is 2.71. The zero-order valence-electron chi connectivity index (χ0n) is 15.6. The van der Waals surface area contributed by atoms with Crippen molar-refractivity contribution in [1.82, 2.24) is 4.90 Å². The summed E-state index contributed by atoms with van der Waals surface area (Å²) in [5.74, 6) is 1.88. The van der Waals surface area contributed by atoms with Crippen molar-refractivity contribution in [1.29, 1.82) is 5.26 Å². The molecule has 0 bridgehead atoms. The average molecular weight is 348 g/mol. The lowest BCUT2D eigenvalue weighted by Crippen LogP contribution is -2.42. The molecule has 1 fully saturated rings. The molecule has 3 heteroatoms. The second-order valence-electron chi connectivity index (χ2n) is 7.17. The minimum Gasteiger partial charge on any atom is -0.493 e. The molecule has 0 aliphatic carbocycles. The van der Waals surface area contributed by atoms with Gasteiger partial charge in [-0.2, -0.15) is 5.26 Å². The summed E-state index contributed by atoms with van der Waals surface area (Å²) in [6.07, 6.45) is 3.69. The summed E-state index contributed by atoms with van der Waals surface area (Å²) in [5, 5.41) is 8.93. The molecule has 0 unspecified atom stereocenters. The minimum atomic E-state index is 0.485. The van der Waals surface area contributed by atoms with Crippen LogP contribution in [0.1, 0.15) is 43.2 Å². The third-order valence-corrected chi connectivity index (χ3v) is 5.32. The Kier molecular flexibility index (Phi) is 6.68. The molecule has 26 heavy (non-hydrogen) atoms. The lowest BCUT2D eigenvalue weighted by molar-refractivity contribution is 0.110. The van der Waals surface area contributed by atoms with Crippen molar-refractivity contribution in [2.24, 2.45) is 5.92 Å². The van der Waals surface area contributed by atoms with Crippen molar-refractivity contribution in [3.05, 3.63) is 65.7 Å². The number of likely N-dealkylation sites (tertiary alicyclic amines) is 1. The molecule has 0 spiro atoms. The number of hydrogen-bond donors (Lipinski definition) is 0. The van der Waals surface area contributed by atoms with Crippen molar-refractivity contribution < 1.29 is 4.74 Å². The molecule has 2 aromatic rings. The van der Waals surface area contributed by atoms with Gasteiger partial charge in [-0.05, 0) is 61.7 Å². The van der Waals surface area contributed by atoms with Crippen LogP contribution in [0, 0.1) is 17.2 Å². The topological polar surface area (TPSA) is 36.3 Å². The van der Waals surface area contributed by atoms with E-state index < -0.39 is 0 Å². The van der Waals surface area contributed by atoms with Crippen LogP contribution < -0.4 is 4.74 Å². The Balaban J connectivity index is 1.67. The summed E-state index contributed by atoms with van der Waals surface area (Å²) in [6.45, 7) is 6.42. The Labute approximate surface area is 157 Å². The predicted octanol–water partition coefficient (Wildman–Crippen LogP) is 4.84. The highest BCUT2D eigenvalue weighted by molar-refractivity contribution is 5.34. The summed E-state index contributed by atoms with van der Waals surface area (Å²) < 4.78 is 6.11. The Hall–Kier alpha value is -2.31. The fraction of sp³-hybridized carbons (Fsp3) is 0.435. The molecule has 1 saturated heterocycles. The first-order valence-corrected chi connectivity index (χ1v) is 9.70. The number of unbranched alkanes of at least 4 members (excludes halogenated alkanes) is 1. The van der Waals surface area contributed by atoms with E-state index in [2.05, 4.69) is 48.2 Å². The van der Waals surface area contributed by atoms with Gasteiger partial charge in [-0.3, -0.25) is 0 Å². The molecule has 2 aromatic carbocycles. The van der Waals surface area contributed by atoms with Gasteiger partial charge in [0.05, 0.1) is 18.2 Å². The van der Waals surface area contributed by atoms with Gasteiger partial charge in [-0.15, -0.1) is 0 Å². The van der Waals surface area contributed by atoms with Crippen LogP contribution >= 0.6 is 0 Å². The lowest BCUT2D eigenvalue weighted by Gasteiger charge is -2.38. The smallest absolute Gasteiger partial charge is 0.119 e. The van der Waals surface area contributed by atoms with Crippen molar-refractivity contribution >= 4 is 0 Å². The monoisotopic (exact) mass is 348 g/mol. The first kappa shape index (κ1) is 18.5. The number of ether oxygens (including phenoxy) is 1. The first-order valence-electron chi connectivity index (χ1n) is 9.70. The molecule has 136 valence electrons. The van der Waals surface area contributed by atoms with Crippen molar-refractivity contribution in [2.75, 3.05) is 26.2 Å². The van der Waals surface area contributed by atoms with E-state index >= 15 is 0 Å². The summed E-state index contributed by atoms with van der Waals surface area (Å²) >= 11 is 0. The van der Waals surface area contributed by atoms with Gasteiger partial charge in [0.1, 0.15) is 5.75 Å². The fourth-order valence-corrected chi connectivity index (χ4v) is 3.83. The predicted molar refractivity (Wildman–Crippen MR) is 105 cm³/mol. The molecule has 1 aliphatic rings. The van der Waals surface area contributed by atoms with E-state index in [4.69, 9.17) is 10.00 Å². The molecule has 1 heterocycles. The maximum atomic E-state index is 8.93. The van der Waals surface area contributed by atoms with Gasteiger partial charge in [0.25, 0.3) is 0 Å². The SMILES string of the molecule is CCCCN1CC[C@H](c2ccccc2)[C@H](COc2ccc(C#N)cc2)C1. The fourth-order valence-electron chi connectivity index (χ4n) is 3.83. The van der Waals surface area contributed by atoms with Gasteiger partial charge in [0.2, 0.25) is 0 Å². The molecule has 3 rings (SSSR count). The van der Waals surface area contributed by atoms with Gasteiger partial charge in [0.15, 0.2) is 0 Å². The van der Waals surface area contributed by atoms with Crippen LogP contribution in [0.4, 0.5) is 0 Å². The van der Waals surface area contributed by atoms with E-state index in [-0.39, 0.29) is 0 Å². The zero-order chi connectivity index (χ0) is 18.2. The van der Waals surface area contributed by atoms with Crippen molar-refractivity contribution in [3.8, 4) is 11.8 Å². The minimum absolute atomic E-state index is 0.485. The van der Waals surface area contributed by atoms with Gasteiger partial charge < -0.3 is 9.64 Å². The van der Waals surface area contributed by atoms with E-state index in [9.17, 15) is 0 Å². The van der Waals surface area contributed by atoms with Crippen molar-refractivity contribution in [2.45, 2.75) is 32.1 Å². The second kappa shape index (κ2) is 9.40. The molecule has 0 aromatic heterocycles. The van der Waals surface area contributed by atoms with Crippen LogP contribution in [0.2, 0.25) is 0 Å². The number of nitrogens with zero attached hydrogens (tertiary/aromatic N) is 2.